The molecule has 0 spiro atoms. The van der Waals surface area contributed by atoms with Crippen molar-refractivity contribution in [1.29, 1.82) is 0 Å². The normalized spacial score (nSPS) is 11.4. The summed E-state index contributed by atoms with van der Waals surface area (Å²) in [6.45, 7) is 4.47. The number of rotatable bonds is 9. The van der Waals surface area contributed by atoms with Crippen molar-refractivity contribution in [2.75, 3.05) is 32.1 Å². The van der Waals surface area contributed by atoms with Gasteiger partial charge in [-0.25, -0.2) is 0 Å². The Kier molecular flexibility index (Phi) is 7.90. The van der Waals surface area contributed by atoms with Crippen LogP contribution in [0.1, 0.15) is 25.0 Å². The lowest BCUT2D eigenvalue weighted by molar-refractivity contribution is -0.138. The predicted molar refractivity (Wildman–Crippen MR) is 105 cm³/mol. The van der Waals surface area contributed by atoms with Gasteiger partial charge in [-0.1, -0.05) is 18.2 Å². The molecule has 0 radical (unpaired) electrons. The maximum absolute atomic E-state index is 13.1. The quantitative estimate of drug-likeness (QED) is 0.658. The van der Waals surface area contributed by atoms with Crippen LogP contribution in [0.2, 0.25) is 0 Å². The number of anilines is 1. The lowest BCUT2D eigenvalue weighted by Gasteiger charge is -2.20. The molecule has 0 saturated heterocycles. The Bertz CT molecular complexity index is 825. The van der Waals surface area contributed by atoms with Gasteiger partial charge in [0.2, 0.25) is 5.91 Å². The Hall–Kier alpha value is -2.74. The molecule has 158 valence electrons. The van der Waals surface area contributed by atoms with Crippen molar-refractivity contribution in [2.45, 2.75) is 26.6 Å². The van der Waals surface area contributed by atoms with E-state index >= 15 is 0 Å². The van der Waals surface area contributed by atoms with Crippen molar-refractivity contribution >= 4 is 11.6 Å². The van der Waals surface area contributed by atoms with Gasteiger partial charge in [-0.15, -0.1) is 0 Å². The number of likely N-dealkylation sites (N-methyl/N-ethyl adjacent to an activating group) is 1. The van der Waals surface area contributed by atoms with E-state index < -0.39 is 11.7 Å². The van der Waals surface area contributed by atoms with Crippen LogP contribution in [0.4, 0.5) is 18.9 Å². The molecule has 0 unspecified atom stereocenters. The van der Waals surface area contributed by atoms with Gasteiger partial charge < -0.3 is 14.8 Å². The lowest BCUT2D eigenvalue weighted by Crippen LogP contribution is -2.30. The molecule has 29 heavy (non-hydrogen) atoms. The summed E-state index contributed by atoms with van der Waals surface area (Å²) in [6, 6.07) is 10.4. The predicted octanol–water partition coefficient (Wildman–Crippen LogP) is 4.57. The second-order valence-corrected chi connectivity index (χ2v) is 6.40. The highest BCUT2D eigenvalue weighted by molar-refractivity contribution is 5.94. The summed E-state index contributed by atoms with van der Waals surface area (Å²) in [7, 11) is 1.59. The van der Waals surface area contributed by atoms with Gasteiger partial charge in [-0.05, 0) is 44.7 Å². The third-order valence-corrected chi connectivity index (χ3v) is 4.01. The first-order valence-corrected chi connectivity index (χ1v) is 9.27. The Morgan fingerprint density at radius 2 is 1.76 bits per heavy atom. The molecule has 2 rings (SSSR count). The zero-order valence-corrected chi connectivity index (χ0v) is 16.7. The zero-order valence-electron chi connectivity index (χ0n) is 16.7. The van der Waals surface area contributed by atoms with E-state index in [4.69, 9.17) is 9.47 Å². The van der Waals surface area contributed by atoms with Gasteiger partial charge in [0.15, 0.2) is 0 Å². The van der Waals surface area contributed by atoms with Crippen LogP contribution in [0.3, 0.4) is 0 Å². The second kappa shape index (κ2) is 10.2. The van der Waals surface area contributed by atoms with Crippen molar-refractivity contribution in [3.05, 3.63) is 53.6 Å². The van der Waals surface area contributed by atoms with Crippen LogP contribution < -0.4 is 14.8 Å². The number of hydrogen-bond acceptors (Lipinski definition) is 4. The minimum Gasteiger partial charge on any atom is -0.494 e. The summed E-state index contributed by atoms with van der Waals surface area (Å²) in [5.74, 6) is 0.708. The Morgan fingerprint density at radius 3 is 2.41 bits per heavy atom. The molecule has 0 bridgehead atoms. The maximum Gasteiger partial charge on any atom is 0.416 e. The van der Waals surface area contributed by atoms with E-state index in [2.05, 4.69) is 5.32 Å². The molecule has 2 aromatic carbocycles. The number of halogens is 3. The number of amides is 1. The summed E-state index contributed by atoms with van der Waals surface area (Å²) in [5, 5.41) is 2.75. The van der Waals surface area contributed by atoms with E-state index in [1.54, 1.807) is 31.3 Å². The Balaban J connectivity index is 2.07. The fourth-order valence-corrected chi connectivity index (χ4v) is 2.86. The van der Waals surface area contributed by atoms with E-state index in [9.17, 15) is 18.0 Å². The van der Waals surface area contributed by atoms with Gasteiger partial charge in [0.25, 0.3) is 0 Å². The lowest BCUT2D eigenvalue weighted by atomic mass is 10.1. The van der Waals surface area contributed by atoms with Crippen molar-refractivity contribution < 1.29 is 27.4 Å². The fraction of sp³-hybridized carbons (Fsp3) is 0.381. The molecule has 0 aliphatic rings. The Morgan fingerprint density at radius 1 is 1.07 bits per heavy atom. The van der Waals surface area contributed by atoms with Crippen LogP contribution in [-0.4, -0.2) is 37.6 Å². The van der Waals surface area contributed by atoms with Gasteiger partial charge >= 0.3 is 6.18 Å². The van der Waals surface area contributed by atoms with Crippen LogP contribution in [0, 0.1) is 0 Å². The molecule has 0 heterocycles. The summed E-state index contributed by atoms with van der Waals surface area (Å²) in [5.41, 5.74) is -0.133. The zero-order chi connectivity index (χ0) is 21.4. The number of alkyl halides is 3. The average molecular weight is 410 g/mol. The molecule has 0 aliphatic carbocycles. The number of nitrogens with zero attached hydrogens (tertiary/aromatic N) is 1. The first-order chi connectivity index (χ1) is 13.7. The van der Waals surface area contributed by atoms with Crippen LogP contribution >= 0.6 is 0 Å². The van der Waals surface area contributed by atoms with Crippen molar-refractivity contribution in [3.8, 4) is 11.5 Å². The molecule has 0 saturated carbocycles. The number of carbonyl (C=O) groups excluding carboxylic acids is 1. The summed E-state index contributed by atoms with van der Waals surface area (Å²) in [4.78, 5) is 14.0. The molecular weight excluding hydrogens is 385 g/mol. The number of benzene rings is 2. The fourth-order valence-electron chi connectivity index (χ4n) is 2.86. The average Bonchev–Trinajstić information content (AvgIpc) is 2.63. The smallest absolute Gasteiger partial charge is 0.416 e. The van der Waals surface area contributed by atoms with E-state index in [-0.39, 0.29) is 24.6 Å². The molecule has 5 nitrogen and oxygen atoms in total. The molecule has 2 aromatic rings. The molecule has 1 amide bonds. The van der Waals surface area contributed by atoms with Gasteiger partial charge in [0, 0.05) is 12.6 Å². The first-order valence-electron chi connectivity index (χ1n) is 9.27. The first kappa shape index (κ1) is 22.5. The largest absolute Gasteiger partial charge is 0.494 e. The van der Waals surface area contributed by atoms with Crippen LogP contribution in [0.25, 0.3) is 0 Å². The highest BCUT2D eigenvalue weighted by Crippen LogP contribution is 2.32. The molecular formula is C21H25F3N2O3. The molecule has 0 fully saturated rings. The van der Waals surface area contributed by atoms with Gasteiger partial charge in [0.1, 0.15) is 11.5 Å². The topological polar surface area (TPSA) is 50.8 Å². The van der Waals surface area contributed by atoms with E-state index in [1.165, 1.54) is 17.0 Å². The van der Waals surface area contributed by atoms with Crippen LogP contribution in [0.5, 0.6) is 11.5 Å². The van der Waals surface area contributed by atoms with E-state index in [0.29, 0.717) is 30.4 Å². The van der Waals surface area contributed by atoms with Crippen LogP contribution in [-0.2, 0) is 17.5 Å². The highest BCUT2D eigenvalue weighted by Gasteiger charge is 2.33. The monoisotopic (exact) mass is 410 g/mol. The summed E-state index contributed by atoms with van der Waals surface area (Å²) < 4.78 is 50.4. The van der Waals surface area contributed by atoms with E-state index in [0.717, 1.165) is 6.07 Å². The summed E-state index contributed by atoms with van der Waals surface area (Å²) >= 11 is 0. The van der Waals surface area contributed by atoms with Crippen LogP contribution in [0.15, 0.2) is 42.5 Å². The van der Waals surface area contributed by atoms with Crippen molar-refractivity contribution in [1.82, 2.24) is 4.90 Å². The minimum absolute atomic E-state index is 0.0135. The van der Waals surface area contributed by atoms with Gasteiger partial charge in [0.05, 0.1) is 31.0 Å². The number of hydrogen-bond donors (Lipinski definition) is 1. The summed E-state index contributed by atoms with van der Waals surface area (Å²) in [6.07, 6.45) is -4.44. The maximum atomic E-state index is 13.1. The molecule has 1 N–H and O–H groups in total. The molecule has 8 heteroatoms. The molecule has 0 atom stereocenters. The SMILES string of the molecule is CCOc1ccc(OCC)c(NC(=O)CN(C)Cc2ccccc2C(F)(F)F)c1. The Labute approximate surface area is 168 Å². The third kappa shape index (κ3) is 6.67. The third-order valence-electron chi connectivity index (χ3n) is 4.01. The molecule has 0 aromatic heterocycles. The van der Waals surface area contributed by atoms with E-state index in [1.807, 2.05) is 13.8 Å². The number of ether oxygens (including phenoxy) is 2. The van der Waals surface area contributed by atoms with Gasteiger partial charge in [-0.2, -0.15) is 13.2 Å². The van der Waals surface area contributed by atoms with Crippen molar-refractivity contribution in [3.63, 3.8) is 0 Å². The minimum atomic E-state index is -4.44. The molecule has 0 aliphatic heterocycles. The van der Waals surface area contributed by atoms with Gasteiger partial charge in [-0.3, -0.25) is 9.69 Å². The van der Waals surface area contributed by atoms with Crippen molar-refractivity contribution in [2.24, 2.45) is 0 Å². The number of carbonyl (C=O) groups is 1. The highest BCUT2D eigenvalue weighted by atomic mass is 19.4. The second-order valence-electron chi connectivity index (χ2n) is 6.40. The standard InChI is InChI=1S/C21H25F3N2O3/c1-4-28-16-10-11-19(29-5-2)18(12-16)25-20(27)14-26(3)13-15-8-6-7-9-17(15)21(22,23)24/h6-12H,4-5,13-14H2,1-3H3,(H,25,27). The number of nitrogens with one attached hydrogen (secondary N) is 1.